The summed E-state index contributed by atoms with van der Waals surface area (Å²) in [6.07, 6.45) is 1.69. The Bertz CT molecular complexity index is 1230. The predicted molar refractivity (Wildman–Crippen MR) is 134 cm³/mol. The van der Waals surface area contributed by atoms with Gasteiger partial charge in [-0.3, -0.25) is 9.69 Å². The molecule has 0 saturated carbocycles. The number of rotatable bonds is 7. The average Bonchev–Trinajstić information content (AvgIpc) is 3.07. The van der Waals surface area contributed by atoms with Crippen LogP contribution in [0.15, 0.2) is 83.8 Å². The maximum atomic E-state index is 13.1. The van der Waals surface area contributed by atoms with Crippen LogP contribution in [-0.4, -0.2) is 26.2 Å². The fraction of sp³-hybridized carbons (Fsp3) is 0.0800. The molecule has 166 valence electrons. The number of thiocarbonyl (C=S) groups is 1. The topological polar surface area (TPSA) is 66.8 Å². The number of hydrogen-bond acceptors (Lipinski definition) is 5. The second-order valence-corrected chi connectivity index (χ2v) is 9.30. The monoisotopic (exact) mass is 495 g/mol. The van der Waals surface area contributed by atoms with Crippen LogP contribution < -0.4 is 4.74 Å². The second kappa shape index (κ2) is 10.2. The van der Waals surface area contributed by atoms with E-state index in [1.54, 1.807) is 48.5 Å². The molecule has 1 amide bonds. The van der Waals surface area contributed by atoms with Crippen molar-refractivity contribution in [2.45, 2.75) is 12.6 Å². The highest BCUT2D eigenvalue weighted by Crippen LogP contribution is 2.38. The van der Waals surface area contributed by atoms with Crippen LogP contribution in [0, 0.1) is 0 Å². The summed E-state index contributed by atoms with van der Waals surface area (Å²) >= 11 is 12.4. The van der Waals surface area contributed by atoms with Gasteiger partial charge in [0.25, 0.3) is 5.91 Å². The van der Waals surface area contributed by atoms with Crippen molar-refractivity contribution < 1.29 is 19.4 Å². The molecule has 33 heavy (non-hydrogen) atoms. The summed E-state index contributed by atoms with van der Waals surface area (Å²) in [5.41, 5.74) is 2.21. The highest BCUT2D eigenvalue weighted by Gasteiger charge is 2.41. The third-order valence-corrected chi connectivity index (χ3v) is 6.49. The zero-order chi connectivity index (χ0) is 23.4. The molecule has 1 aliphatic rings. The van der Waals surface area contributed by atoms with Gasteiger partial charge in [-0.1, -0.05) is 90.2 Å². The van der Waals surface area contributed by atoms with E-state index in [1.807, 2.05) is 36.4 Å². The van der Waals surface area contributed by atoms with Crippen LogP contribution in [0.25, 0.3) is 6.08 Å². The fourth-order valence-corrected chi connectivity index (χ4v) is 4.77. The first kappa shape index (κ1) is 23.0. The molecule has 5 nitrogen and oxygen atoms in total. The van der Waals surface area contributed by atoms with Crippen molar-refractivity contribution in [2.75, 3.05) is 0 Å². The molecule has 0 radical (unpaired) electrons. The lowest BCUT2D eigenvalue weighted by Gasteiger charge is -2.23. The van der Waals surface area contributed by atoms with E-state index < -0.39 is 17.9 Å². The van der Waals surface area contributed by atoms with Crippen LogP contribution in [0.1, 0.15) is 22.7 Å². The van der Waals surface area contributed by atoms with Crippen molar-refractivity contribution in [1.82, 2.24) is 4.90 Å². The van der Waals surface area contributed by atoms with Gasteiger partial charge in [0.1, 0.15) is 16.7 Å². The average molecular weight is 496 g/mol. The molecule has 0 unspecified atom stereocenters. The molecule has 8 heteroatoms. The molecular formula is C25H18ClNO4S2. The minimum atomic E-state index is -1.18. The number of ether oxygens (including phenoxy) is 1. The van der Waals surface area contributed by atoms with Gasteiger partial charge in [0, 0.05) is 5.02 Å². The van der Waals surface area contributed by atoms with Crippen molar-refractivity contribution in [2.24, 2.45) is 0 Å². The molecule has 0 aromatic heterocycles. The van der Waals surface area contributed by atoms with E-state index in [9.17, 15) is 14.7 Å². The van der Waals surface area contributed by atoms with Gasteiger partial charge < -0.3 is 9.84 Å². The number of halogens is 1. The van der Waals surface area contributed by atoms with E-state index in [0.29, 0.717) is 27.8 Å². The number of aliphatic carboxylic acids is 1. The predicted octanol–water partition coefficient (Wildman–Crippen LogP) is 5.95. The Morgan fingerprint density at radius 3 is 2.52 bits per heavy atom. The Morgan fingerprint density at radius 1 is 1.09 bits per heavy atom. The van der Waals surface area contributed by atoms with Gasteiger partial charge in [-0.25, -0.2) is 4.79 Å². The number of carboxylic acid groups (broad SMARTS) is 1. The van der Waals surface area contributed by atoms with Gasteiger partial charge in [-0.05, 0) is 47.0 Å². The summed E-state index contributed by atoms with van der Waals surface area (Å²) in [6, 6.07) is 22.1. The molecule has 4 rings (SSSR count). The van der Waals surface area contributed by atoms with Crippen molar-refractivity contribution >= 4 is 57.9 Å². The highest BCUT2D eigenvalue weighted by atomic mass is 35.5. The Balaban J connectivity index is 1.53. The van der Waals surface area contributed by atoms with Gasteiger partial charge in [0.05, 0.1) is 4.91 Å². The Morgan fingerprint density at radius 2 is 1.82 bits per heavy atom. The number of hydrogen-bond donors (Lipinski definition) is 1. The fourth-order valence-electron chi connectivity index (χ4n) is 3.33. The minimum absolute atomic E-state index is 0.206. The number of benzene rings is 3. The van der Waals surface area contributed by atoms with E-state index in [2.05, 4.69) is 0 Å². The molecule has 1 heterocycles. The van der Waals surface area contributed by atoms with Crippen molar-refractivity contribution in [3.05, 3.63) is 105 Å². The lowest BCUT2D eigenvalue weighted by atomic mass is 10.1. The smallest absolute Gasteiger partial charge is 0.331 e. The summed E-state index contributed by atoms with van der Waals surface area (Å²) in [5.74, 6) is -0.938. The Hall–Kier alpha value is -3.13. The molecule has 0 bridgehead atoms. The minimum Gasteiger partial charge on any atom is -0.489 e. The van der Waals surface area contributed by atoms with Gasteiger partial charge in [0.15, 0.2) is 6.04 Å². The summed E-state index contributed by atoms with van der Waals surface area (Å²) in [6.45, 7) is 0.375. The van der Waals surface area contributed by atoms with Crippen LogP contribution in [0.5, 0.6) is 5.75 Å². The van der Waals surface area contributed by atoms with E-state index in [-0.39, 0.29) is 4.32 Å². The van der Waals surface area contributed by atoms with E-state index in [4.69, 9.17) is 28.6 Å². The summed E-state index contributed by atoms with van der Waals surface area (Å²) in [4.78, 5) is 26.6. The number of carbonyl (C=O) groups excluding carboxylic acids is 1. The molecule has 3 aromatic carbocycles. The molecule has 1 fully saturated rings. The number of carboxylic acids is 1. The van der Waals surface area contributed by atoms with Crippen LogP contribution in [0.2, 0.25) is 5.02 Å². The van der Waals surface area contributed by atoms with Gasteiger partial charge >= 0.3 is 5.97 Å². The second-order valence-electron chi connectivity index (χ2n) is 7.19. The molecule has 1 atom stereocenters. The lowest BCUT2D eigenvalue weighted by molar-refractivity contribution is -0.145. The molecule has 1 N–H and O–H groups in total. The molecule has 0 aliphatic carbocycles. The van der Waals surface area contributed by atoms with Gasteiger partial charge in [-0.15, -0.1) is 0 Å². The first-order chi connectivity index (χ1) is 15.9. The van der Waals surface area contributed by atoms with Crippen molar-refractivity contribution in [3.8, 4) is 5.75 Å². The van der Waals surface area contributed by atoms with Crippen LogP contribution >= 0.6 is 35.6 Å². The molecule has 3 aromatic rings. The largest absolute Gasteiger partial charge is 0.489 e. The quantitative estimate of drug-likeness (QED) is 0.323. The summed E-state index contributed by atoms with van der Waals surface area (Å²) in [5, 5.41) is 10.5. The first-order valence-electron chi connectivity index (χ1n) is 9.94. The van der Waals surface area contributed by atoms with E-state index in [0.717, 1.165) is 27.8 Å². The van der Waals surface area contributed by atoms with Crippen LogP contribution in [0.3, 0.4) is 0 Å². The number of carbonyl (C=O) groups is 2. The number of amides is 1. The van der Waals surface area contributed by atoms with Crippen LogP contribution in [-0.2, 0) is 16.2 Å². The van der Waals surface area contributed by atoms with E-state index >= 15 is 0 Å². The highest BCUT2D eigenvalue weighted by molar-refractivity contribution is 8.26. The third kappa shape index (κ3) is 5.45. The lowest BCUT2D eigenvalue weighted by Crippen LogP contribution is -2.37. The van der Waals surface area contributed by atoms with Crippen molar-refractivity contribution in [1.29, 1.82) is 0 Å². The zero-order valence-electron chi connectivity index (χ0n) is 17.2. The Labute approximate surface area is 205 Å². The first-order valence-corrected chi connectivity index (χ1v) is 11.5. The normalized spacial score (nSPS) is 15.7. The molecule has 1 saturated heterocycles. The SMILES string of the molecule is O=C(O)[C@@H](c1ccccc1)N1C(=O)/C(=C\c2cccc(OCc3ccc(Cl)cc3)c2)SC1=S. The molecule has 0 spiro atoms. The summed E-state index contributed by atoms with van der Waals surface area (Å²) < 4.78 is 6.06. The Kier molecular flexibility index (Phi) is 7.13. The summed E-state index contributed by atoms with van der Waals surface area (Å²) in [7, 11) is 0. The van der Waals surface area contributed by atoms with Crippen LogP contribution in [0.4, 0.5) is 0 Å². The zero-order valence-corrected chi connectivity index (χ0v) is 19.6. The van der Waals surface area contributed by atoms with Gasteiger partial charge in [0.2, 0.25) is 0 Å². The molecular weight excluding hydrogens is 478 g/mol. The number of nitrogens with zero attached hydrogens (tertiary/aromatic N) is 1. The van der Waals surface area contributed by atoms with Gasteiger partial charge in [-0.2, -0.15) is 0 Å². The third-order valence-electron chi connectivity index (χ3n) is 4.91. The van der Waals surface area contributed by atoms with E-state index in [1.165, 1.54) is 0 Å². The maximum Gasteiger partial charge on any atom is 0.331 e. The number of thioether (sulfide) groups is 1. The molecule has 1 aliphatic heterocycles. The maximum absolute atomic E-state index is 13.1. The standard InChI is InChI=1S/C25H18ClNO4S2/c26-19-11-9-16(10-12-19)15-31-20-8-4-5-17(13-20)14-21-23(28)27(25(32)33-21)22(24(29)30)18-6-2-1-3-7-18/h1-14,22H,15H2,(H,29,30)/b21-14+/t22-/m1/s1. The van der Waals surface area contributed by atoms with Crippen molar-refractivity contribution in [3.63, 3.8) is 0 Å².